The van der Waals surface area contributed by atoms with Crippen LogP contribution in [0.15, 0.2) is 6.33 Å². The lowest BCUT2D eigenvalue weighted by Crippen LogP contribution is -3.14. The number of thiophene rings is 1. The summed E-state index contributed by atoms with van der Waals surface area (Å²) in [5, 5.41) is 10.2. The molecule has 0 bridgehead atoms. The molecule has 1 aliphatic heterocycles. The van der Waals surface area contributed by atoms with Crippen LogP contribution in [0.1, 0.15) is 23.3 Å². The van der Waals surface area contributed by atoms with Crippen molar-refractivity contribution in [3.63, 3.8) is 0 Å². The van der Waals surface area contributed by atoms with Crippen molar-refractivity contribution < 1.29 is 4.90 Å². The van der Waals surface area contributed by atoms with E-state index in [9.17, 15) is 0 Å². The monoisotopic (exact) mass is 314 g/mol. The van der Waals surface area contributed by atoms with E-state index < -0.39 is 0 Å². The Morgan fingerprint density at radius 3 is 2.86 bits per heavy atom. The van der Waals surface area contributed by atoms with Crippen LogP contribution in [0.4, 0.5) is 5.82 Å². The van der Waals surface area contributed by atoms with E-state index in [1.807, 2.05) is 11.3 Å². The second kappa shape index (κ2) is 5.82. The van der Waals surface area contributed by atoms with Crippen LogP contribution in [-0.2, 0) is 12.8 Å². The van der Waals surface area contributed by atoms with Gasteiger partial charge in [-0.3, -0.25) is 0 Å². The number of aryl methyl sites for hydroxylation is 2. The summed E-state index contributed by atoms with van der Waals surface area (Å²) >= 11 is 1.86. The number of nitriles is 1. The van der Waals surface area contributed by atoms with Gasteiger partial charge in [0, 0.05) is 4.88 Å². The largest absolute Gasteiger partial charge is 0.345 e. The first-order valence-electron chi connectivity index (χ1n) is 8.07. The molecule has 22 heavy (non-hydrogen) atoms. The fraction of sp³-hybridized carbons (Fsp3) is 0.562. The Balaban J connectivity index is 1.68. The number of hydrogen-bond donors (Lipinski definition) is 1. The normalized spacial score (nSPS) is 19.1. The predicted molar refractivity (Wildman–Crippen MR) is 87.4 cm³/mol. The second-order valence-electron chi connectivity index (χ2n) is 6.16. The average molecular weight is 314 g/mol. The Hall–Kier alpha value is -1.71. The van der Waals surface area contributed by atoms with Crippen LogP contribution >= 0.6 is 11.3 Å². The molecular formula is C16H20N5S+. The van der Waals surface area contributed by atoms with Gasteiger partial charge < -0.3 is 9.80 Å². The number of rotatable bonds is 2. The third kappa shape index (κ3) is 2.34. The lowest BCUT2D eigenvalue weighted by molar-refractivity contribution is -0.893. The molecule has 2 aliphatic rings. The zero-order valence-corrected chi connectivity index (χ0v) is 13.5. The standard InChI is InChI=1S/C16H19N5S/c17-5-6-20-7-9-21(10-8-20)15-14-12-3-1-2-4-13(12)22-16(14)19-11-18-15/h11H,1-4,6-10H2/p+1. The minimum Gasteiger partial charge on any atom is -0.345 e. The maximum atomic E-state index is 8.84. The molecule has 0 spiro atoms. The molecule has 1 N–H and O–H groups in total. The first-order chi connectivity index (χ1) is 10.9. The maximum Gasteiger partial charge on any atom is 0.165 e. The van der Waals surface area contributed by atoms with Gasteiger partial charge in [0.25, 0.3) is 0 Å². The van der Waals surface area contributed by atoms with Gasteiger partial charge in [0.05, 0.1) is 31.6 Å². The summed E-state index contributed by atoms with van der Waals surface area (Å²) in [6.07, 6.45) is 6.69. The number of quaternary nitrogens is 1. The van der Waals surface area contributed by atoms with Crippen molar-refractivity contribution in [3.05, 3.63) is 16.8 Å². The molecule has 0 saturated carbocycles. The number of fused-ring (bicyclic) bond motifs is 3. The highest BCUT2D eigenvalue weighted by Gasteiger charge is 2.26. The number of hydrogen-bond acceptors (Lipinski definition) is 5. The van der Waals surface area contributed by atoms with Crippen LogP contribution in [0.2, 0.25) is 0 Å². The van der Waals surface area contributed by atoms with Crippen molar-refractivity contribution in [1.29, 1.82) is 5.26 Å². The molecule has 1 aliphatic carbocycles. The predicted octanol–water partition coefficient (Wildman–Crippen LogP) is 0.799. The summed E-state index contributed by atoms with van der Waals surface area (Å²) in [6, 6.07) is 2.28. The van der Waals surface area contributed by atoms with Crippen molar-refractivity contribution >= 4 is 27.4 Å². The lowest BCUT2D eigenvalue weighted by atomic mass is 9.97. The molecule has 6 heteroatoms. The van der Waals surface area contributed by atoms with Crippen LogP contribution < -0.4 is 9.80 Å². The molecule has 114 valence electrons. The number of aromatic nitrogens is 2. The van der Waals surface area contributed by atoms with Crippen LogP contribution in [0.5, 0.6) is 0 Å². The Morgan fingerprint density at radius 2 is 2.05 bits per heavy atom. The van der Waals surface area contributed by atoms with Crippen LogP contribution in [0, 0.1) is 11.3 Å². The highest BCUT2D eigenvalue weighted by molar-refractivity contribution is 7.19. The smallest absolute Gasteiger partial charge is 0.165 e. The van der Waals surface area contributed by atoms with Gasteiger partial charge in [-0.1, -0.05) is 0 Å². The van der Waals surface area contributed by atoms with Gasteiger partial charge in [-0.25, -0.2) is 9.97 Å². The summed E-state index contributed by atoms with van der Waals surface area (Å²) < 4.78 is 0. The fourth-order valence-corrected chi connectivity index (χ4v) is 4.86. The molecule has 0 aromatic carbocycles. The van der Waals surface area contributed by atoms with E-state index in [0.717, 1.165) is 36.8 Å². The summed E-state index contributed by atoms with van der Waals surface area (Å²) in [7, 11) is 0. The molecule has 0 radical (unpaired) electrons. The van der Waals surface area contributed by atoms with E-state index in [-0.39, 0.29) is 0 Å². The Kier molecular flexibility index (Phi) is 3.68. The molecular weight excluding hydrogens is 294 g/mol. The van der Waals surface area contributed by atoms with E-state index in [2.05, 4.69) is 20.9 Å². The van der Waals surface area contributed by atoms with Crippen molar-refractivity contribution in [1.82, 2.24) is 9.97 Å². The number of anilines is 1. The minimum atomic E-state index is 0.612. The van der Waals surface area contributed by atoms with Gasteiger partial charge in [0.15, 0.2) is 6.54 Å². The first-order valence-corrected chi connectivity index (χ1v) is 8.89. The molecule has 0 atom stereocenters. The van der Waals surface area contributed by atoms with Crippen molar-refractivity contribution in [2.24, 2.45) is 0 Å². The maximum absolute atomic E-state index is 8.84. The van der Waals surface area contributed by atoms with Crippen molar-refractivity contribution in [2.45, 2.75) is 25.7 Å². The summed E-state index contributed by atoms with van der Waals surface area (Å²) in [5.74, 6) is 1.13. The number of piperazine rings is 1. The SMILES string of the molecule is N#CC[NH+]1CCN(c2ncnc3sc4c(c23)CCCC4)CC1. The lowest BCUT2D eigenvalue weighted by Gasteiger charge is -2.32. The van der Waals surface area contributed by atoms with E-state index in [4.69, 9.17) is 5.26 Å². The first kappa shape index (κ1) is 13.9. The quantitative estimate of drug-likeness (QED) is 0.833. The number of nitrogens with one attached hydrogen (secondary N) is 1. The highest BCUT2D eigenvalue weighted by atomic mass is 32.1. The van der Waals surface area contributed by atoms with Gasteiger partial charge in [0.1, 0.15) is 23.0 Å². The van der Waals surface area contributed by atoms with E-state index in [1.165, 1.54) is 46.4 Å². The van der Waals surface area contributed by atoms with Gasteiger partial charge in [-0.05, 0) is 31.2 Å². The van der Waals surface area contributed by atoms with Crippen molar-refractivity contribution in [2.75, 3.05) is 37.6 Å². The summed E-state index contributed by atoms with van der Waals surface area (Å²) in [6.45, 7) is 4.61. The minimum absolute atomic E-state index is 0.612. The van der Waals surface area contributed by atoms with Crippen molar-refractivity contribution in [3.8, 4) is 6.07 Å². The molecule has 4 rings (SSSR count). The van der Waals surface area contributed by atoms with E-state index >= 15 is 0 Å². The van der Waals surface area contributed by atoms with Crippen LogP contribution in [0.25, 0.3) is 10.2 Å². The van der Waals surface area contributed by atoms with Gasteiger partial charge in [-0.15, -0.1) is 11.3 Å². The molecule has 5 nitrogen and oxygen atoms in total. The van der Waals surface area contributed by atoms with Crippen LogP contribution in [-0.4, -0.2) is 42.7 Å². The van der Waals surface area contributed by atoms with Gasteiger partial charge in [-0.2, -0.15) is 5.26 Å². The molecule has 2 aromatic heterocycles. The molecule has 0 unspecified atom stereocenters. The second-order valence-corrected chi connectivity index (χ2v) is 7.24. The molecule has 2 aromatic rings. The molecule has 1 fully saturated rings. The molecule has 3 heterocycles. The Morgan fingerprint density at radius 1 is 1.23 bits per heavy atom. The molecule has 1 saturated heterocycles. The van der Waals surface area contributed by atoms with E-state index in [0.29, 0.717) is 6.54 Å². The topological polar surface area (TPSA) is 57.2 Å². The zero-order valence-electron chi connectivity index (χ0n) is 12.6. The molecule has 0 amide bonds. The Bertz CT molecular complexity index is 724. The third-order valence-electron chi connectivity index (χ3n) is 4.83. The highest BCUT2D eigenvalue weighted by Crippen LogP contribution is 2.39. The fourth-order valence-electron chi connectivity index (χ4n) is 3.64. The van der Waals surface area contributed by atoms with Crippen LogP contribution in [0.3, 0.4) is 0 Å². The van der Waals surface area contributed by atoms with E-state index in [1.54, 1.807) is 6.33 Å². The number of nitrogens with zero attached hydrogens (tertiary/aromatic N) is 4. The van der Waals surface area contributed by atoms with Gasteiger partial charge >= 0.3 is 0 Å². The van der Waals surface area contributed by atoms with Gasteiger partial charge in [0.2, 0.25) is 0 Å². The third-order valence-corrected chi connectivity index (χ3v) is 6.03. The summed E-state index contributed by atoms with van der Waals surface area (Å²) in [5.41, 5.74) is 1.51. The zero-order chi connectivity index (χ0) is 14.9. The Labute approximate surface area is 134 Å². The average Bonchev–Trinajstić information content (AvgIpc) is 2.94. The summed E-state index contributed by atoms with van der Waals surface area (Å²) in [4.78, 5) is 15.6.